The van der Waals surface area contributed by atoms with Crippen LogP contribution in [0.15, 0.2) is 0 Å². The quantitative estimate of drug-likeness (QED) is 0.567. The second kappa shape index (κ2) is 1.82. The molecule has 2 aliphatic rings. The van der Waals surface area contributed by atoms with Gasteiger partial charge in [0.05, 0.1) is 0 Å². The highest BCUT2D eigenvalue weighted by atomic mass is 14.8. The van der Waals surface area contributed by atoms with Crippen molar-refractivity contribution in [3.8, 4) is 0 Å². The first-order valence-electron chi connectivity index (χ1n) is 4.76. The lowest BCUT2D eigenvalue weighted by atomic mass is 9.68. The normalized spacial score (nSPS) is 53.5. The summed E-state index contributed by atoms with van der Waals surface area (Å²) >= 11 is 0. The summed E-state index contributed by atoms with van der Waals surface area (Å²) < 4.78 is 0. The molecule has 0 spiro atoms. The van der Waals surface area contributed by atoms with Crippen LogP contribution in [0.4, 0.5) is 0 Å². The van der Waals surface area contributed by atoms with Gasteiger partial charge in [-0.25, -0.2) is 0 Å². The van der Waals surface area contributed by atoms with E-state index in [4.69, 9.17) is 5.73 Å². The summed E-state index contributed by atoms with van der Waals surface area (Å²) in [7, 11) is 0. The zero-order chi connectivity index (χ0) is 8.28. The maximum atomic E-state index is 6.32. The summed E-state index contributed by atoms with van der Waals surface area (Å²) in [5, 5.41) is 0. The molecule has 3 atom stereocenters. The van der Waals surface area contributed by atoms with Crippen molar-refractivity contribution in [1.29, 1.82) is 0 Å². The lowest BCUT2D eigenvalue weighted by molar-refractivity contribution is 0.123. The van der Waals surface area contributed by atoms with Crippen molar-refractivity contribution in [2.24, 2.45) is 23.0 Å². The van der Waals surface area contributed by atoms with Gasteiger partial charge in [0, 0.05) is 5.54 Å². The third kappa shape index (κ3) is 0.752. The molecule has 0 unspecified atom stereocenters. The van der Waals surface area contributed by atoms with E-state index in [0.717, 1.165) is 5.92 Å². The van der Waals surface area contributed by atoms with E-state index < -0.39 is 0 Å². The van der Waals surface area contributed by atoms with Crippen molar-refractivity contribution in [2.45, 2.75) is 45.6 Å². The molecule has 0 aromatic carbocycles. The number of hydrogen-bond acceptors (Lipinski definition) is 1. The van der Waals surface area contributed by atoms with Crippen molar-refractivity contribution in [3.63, 3.8) is 0 Å². The van der Waals surface area contributed by atoms with Gasteiger partial charge >= 0.3 is 0 Å². The molecule has 0 aromatic heterocycles. The largest absolute Gasteiger partial charge is 0.325 e. The van der Waals surface area contributed by atoms with Gasteiger partial charge in [-0.15, -0.1) is 0 Å². The number of nitrogens with two attached hydrogens (primary N) is 1. The monoisotopic (exact) mass is 153 g/mol. The van der Waals surface area contributed by atoms with Crippen molar-refractivity contribution in [2.75, 3.05) is 0 Å². The Kier molecular flexibility index (Phi) is 1.26. The molecule has 1 heteroatoms. The van der Waals surface area contributed by atoms with Crippen LogP contribution in [0.2, 0.25) is 0 Å². The van der Waals surface area contributed by atoms with Crippen molar-refractivity contribution >= 4 is 0 Å². The molecule has 11 heavy (non-hydrogen) atoms. The van der Waals surface area contributed by atoms with Crippen LogP contribution in [0, 0.1) is 17.3 Å². The average Bonchev–Trinajstić information content (AvgIpc) is 2.36. The van der Waals surface area contributed by atoms with Gasteiger partial charge in [-0.3, -0.25) is 0 Å². The second-order valence-electron chi connectivity index (χ2n) is 5.22. The highest BCUT2D eigenvalue weighted by Crippen LogP contribution is 2.59. The van der Waals surface area contributed by atoms with E-state index >= 15 is 0 Å². The van der Waals surface area contributed by atoms with Gasteiger partial charge in [-0.05, 0) is 36.5 Å². The van der Waals surface area contributed by atoms with Crippen LogP contribution in [0.25, 0.3) is 0 Å². The lowest BCUT2D eigenvalue weighted by Gasteiger charge is -2.40. The van der Waals surface area contributed by atoms with Gasteiger partial charge in [0.15, 0.2) is 0 Å². The van der Waals surface area contributed by atoms with Gasteiger partial charge in [-0.2, -0.15) is 0 Å². The molecule has 0 aliphatic heterocycles. The van der Waals surface area contributed by atoms with Gasteiger partial charge < -0.3 is 5.73 Å². The van der Waals surface area contributed by atoms with Crippen molar-refractivity contribution in [3.05, 3.63) is 0 Å². The fourth-order valence-electron chi connectivity index (χ4n) is 3.23. The Hall–Kier alpha value is -0.0400. The molecule has 1 nitrogen and oxygen atoms in total. The Morgan fingerprint density at radius 3 is 2.27 bits per heavy atom. The standard InChI is InChI=1S/C10H19N/c1-7-9(2,3)8-4-5-10(7,11)6-8/h7-8H,4-6,11H2,1-3H3/t7-,8-,10-/m0/s1. The highest BCUT2D eigenvalue weighted by Gasteiger charge is 2.57. The van der Waals surface area contributed by atoms with Crippen LogP contribution in [-0.4, -0.2) is 5.54 Å². The zero-order valence-corrected chi connectivity index (χ0v) is 7.85. The van der Waals surface area contributed by atoms with Crippen LogP contribution < -0.4 is 5.73 Å². The maximum Gasteiger partial charge on any atom is 0.0188 e. The molecule has 0 aromatic rings. The summed E-state index contributed by atoms with van der Waals surface area (Å²) in [4.78, 5) is 0. The average molecular weight is 153 g/mol. The summed E-state index contributed by atoms with van der Waals surface area (Å²) in [5.41, 5.74) is 7.03. The van der Waals surface area contributed by atoms with Crippen LogP contribution in [0.3, 0.4) is 0 Å². The molecular weight excluding hydrogens is 134 g/mol. The molecule has 0 saturated heterocycles. The van der Waals surface area contributed by atoms with Gasteiger partial charge in [-0.1, -0.05) is 20.8 Å². The molecule has 2 rings (SSSR count). The minimum Gasteiger partial charge on any atom is -0.325 e. The van der Waals surface area contributed by atoms with Crippen LogP contribution in [0.1, 0.15) is 40.0 Å². The molecule has 2 bridgehead atoms. The zero-order valence-electron chi connectivity index (χ0n) is 7.85. The van der Waals surface area contributed by atoms with Crippen LogP contribution in [-0.2, 0) is 0 Å². The predicted octanol–water partition coefficient (Wildman–Crippen LogP) is 2.16. The highest BCUT2D eigenvalue weighted by molar-refractivity contribution is 5.11. The molecule has 2 N–H and O–H groups in total. The molecule has 2 aliphatic carbocycles. The van der Waals surface area contributed by atoms with Crippen molar-refractivity contribution < 1.29 is 0 Å². The molecule has 0 radical (unpaired) electrons. The summed E-state index contributed by atoms with van der Waals surface area (Å²) in [6.07, 6.45) is 3.91. The smallest absolute Gasteiger partial charge is 0.0188 e. The van der Waals surface area contributed by atoms with Gasteiger partial charge in [0.25, 0.3) is 0 Å². The summed E-state index contributed by atoms with van der Waals surface area (Å²) in [6.45, 7) is 7.10. The topological polar surface area (TPSA) is 26.0 Å². The van der Waals surface area contributed by atoms with E-state index in [1.54, 1.807) is 0 Å². The Balaban J connectivity index is 2.34. The first-order valence-corrected chi connectivity index (χ1v) is 4.76. The van der Waals surface area contributed by atoms with E-state index in [1.165, 1.54) is 19.3 Å². The second-order valence-corrected chi connectivity index (χ2v) is 5.22. The fraction of sp³-hybridized carbons (Fsp3) is 1.00. The first-order chi connectivity index (χ1) is 4.97. The molecule has 2 saturated carbocycles. The maximum absolute atomic E-state index is 6.32. The summed E-state index contributed by atoms with van der Waals surface area (Å²) in [6, 6.07) is 0. The first kappa shape index (κ1) is 7.60. The Morgan fingerprint density at radius 1 is 1.36 bits per heavy atom. The number of rotatable bonds is 0. The van der Waals surface area contributed by atoms with Gasteiger partial charge in [0.1, 0.15) is 0 Å². The van der Waals surface area contributed by atoms with E-state index in [2.05, 4.69) is 20.8 Å². The SMILES string of the molecule is C[C@H]1C(C)(C)[C@H]2CC[C@]1(N)C2. The van der Waals surface area contributed by atoms with E-state index in [1.807, 2.05) is 0 Å². The van der Waals surface area contributed by atoms with Gasteiger partial charge in [0.2, 0.25) is 0 Å². The third-order valence-electron chi connectivity index (χ3n) is 4.62. The molecule has 0 amide bonds. The van der Waals surface area contributed by atoms with E-state index in [9.17, 15) is 0 Å². The van der Waals surface area contributed by atoms with Crippen LogP contribution >= 0.6 is 0 Å². The number of fused-ring (bicyclic) bond motifs is 2. The summed E-state index contributed by atoms with van der Waals surface area (Å²) in [5.74, 6) is 1.62. The molecule has 2 fully saturated rings. The minimum atomic E-state index is 0.203. The minimum absolute atomic E-state index is 0.203. The predicted molar refractivity (Wildman–Crippen MR) is 47.2 cm³/mol. The Labute approximate surface area is 69.4 Å². The molecule has 64 valence electrons. The fourth-order valence-corrected chi connectivity index (χ4v) is 3.23. The molecule has 0 heterocycles. The molecular formula is C10H19N. The van der Waals surface area contributed by atoms with Crippen LogP contribution in [0.5, 0.6) is 0 Å². The Morgan fingerprint density at radius 2 is 2.00 bits per heavy atom. The number of hydrogen-bond donors (Lipinski definition) is 1. The van der Waals surface area contributed by atoms with E-state index in [-0.39, 0.29) is 5.54 Å². The van der Waals surface area contributed by atoms with Crippen molar-refractivity contribution in [1.82, 2.24) is 0 Å². The van der Waals surface area contributed by atoms with E-state index in [0.29, 0.717) is 11.3 Å². The lowest BCUT2D eigenvalue weighted by Crippen LogP contribution is -2.46. The third-order valence-corrected chi connectivity index (χ3v) is 4.62. The Bertz CT molecular complexity index is 181.